The van der Waals surface area contributed by atoms with Crippen LogP contribution in [0.1, 0.15) is 87.0 Å². The second-order valence-electron chi connectivity index (χ2n) is 13.8. The minimum atomic E-state index is -1.96. The molecule has 4 aliphatic carbocycles. The summed E-state index contributed by atoms with van der Waals surface area (Å²) < 4.78 is 12.5. The van der Waals surface area contributed by atoms with Crippen molar-refractivity contribution < 1.29 is 39.2 Å². The van der Waals surface area contributed by atoms with Crippen molar-refractivity contribution in [2.45, 2.75) is 110 Å². The van der Waals surface area contributed by atoms with Gasteiger partial charge in [0.2, 0.25) is 0 Å². The van der Waals surface area contributed by atoms with Crippen LogP contribution in [0, 0.1) is 35.0 Å². The van der Waals surface area contributed by atoms with Gasteiger partial charge in [0.1, 0.15) is 11.7 Å². The van der Waals surface area contributed by atoms with Gasteiger partial charge in [-0.15, -0.1) is 0 Å². The zero-order chi connectivity index (χ0) is 32.0. The number of aliphatic hydroxyl groups is 3. The fraction of sp³-hybridized carbons (Fsp3) is 0.686. The Morgan fingerprint density at radius 1 is 1.14 bits per heavy atom. The summed E-state index contributed by atoms with van der Waals surface area (Å²) in [5.74, 6) is -5.02. The van der Waals surface area contributed by atoms with Crippen molar-refractivity contribution in [1.82, 2.24) is 0 Å². The highest BCUT2D eigenvalue weighted by molar-refractivity contribution is 6.04. The number of carbonyl (C=O) groups is 3. The number of hydrogen-bond donors (Lipinski definition) is 3. The van der Waals surface area contributed by atoms with E-state index in [2.05, 4.69) is 6.92 Å². The first-order chi connectivity index (χ1) is 20.2. The molecule has 8 nitrogen and oxygen atoms in total. The van der Waals surface area contributed by atoms with Crippen LogP contribution in [0.4, 0.5) is 0 Å². The van der Waals surface area contributed by atoms with E-state index in [1.54, 1.807) is 45.1 Å². The number of ketones is 1. The standard InChI is InChI=1S/C35H50O8/c1-8-10-11-12-13-14-15-16-27(37)42-30-23(5)34(41)25(28-32(6,7)35(28,30)43-31(39)21(3)9-2)18-24(20-36)19-33(40)26(34)17-22(4)29(33)38/h13-18,21,23,25-26,28,30,36,40-41H,8-12,19-20H2,1-7H3/b14-13-,16-15+/t21?,23-,25?,26?,28?,30+,33+,34+,35+/m0/s1. The Hall–Kier alpha value is -2.55. The summed E-state index contributed by atoms with van der Waals surface area (Å²) in [4.78, 5) is 40.0. The van der Waals surface area contributed by atoms with Crippen LogP contribution in [0.5, 0.6) is 0 Å². The number of Topliss-reactive ketones (excluding diaryl/α,β-unsaturated/α-hetero) is 1. The van der Waals surface area contributed by atoms with E-state index in [-0.39, 0.29) is 6.42 Å². The highest BCUT2D eigenvalue weighted by atomic mass is 16.6. The molecule has 0 bridgehead atoms. The lowest BCUT2D eigenvalue weighted by Gasteiger charge is -2.53. The summed E-state index contributed by atoms with van der Waals surface area (Å²) in [6.07, 6.45) is 13.7. The maximum absolute atomic E-state index is 13.4. The number of aliphatic hydroxyl groups excluding tert-OH is 1. The predicted octanol–water partition coefficient (Wildman–Crippen LogP) is 4.77. The van der Waals surface area contributed by atoms with Gasteiger partial charge in [-0.3, -0.25) is 9.59 Å². The van der Waals surface area contributed by atoms with Gasteiger partial charge in [0, 0.05) is 41.6 Å². The van der Waals surface area contributed by atoms with Crippen molar-refractivity contribution in [3.63, 3.8) is 0 Å². The van der Waals surface area contributed by atoms with Gasteiger partial charge in [0.15, 0.2) is 11.4 Å². The molecule has 0 aromatic heterocycles. The number of unbranched alkanes of at least 4 members (excludes halogenated alkanes) is 3. The molecule has 8 heteroatoms. The number of esters is 2. The van der Waals surface area contributed by atoms with E-state index >= 15 is 0 Å². The van der Waals surface area contributed by atoms with Crippen molar-refractivity contribution in [3.05, 3.63) is 47.6 Å². The minimum absolute atomic E-state index is 0.128. The molecule has 9 atom stereocenters. The van der Waals surface area contributed by atoms with Crippen LogP contribution in [-0.4, -0.2) is 62.6 Å². The van der Waals surface area contributed by atoms with Gasteiger partial charge in [-0.25, -0.2) is 4.79 Å². The number of carbonyl (C=O) groups excluding carboxylic acids is 3. The average Bonchev–Trinajstić information content (AvgIpc) is 3.39. The molecular formula is C35H50O8. The molecule has 0 radical (unpaired) electrons. The fourth-order valence-corrected chi connectivity index (χ4v) is 8.24. The summed E-state index contributed by atoms with van der Waals surface area (Å²) in [5, 5.41) is 34.9. The summed E-state index contributed by atoms with van der Waals surface area (Å²) in [5.41, 5.74) is -4.94. The molecule has 0 aliphatic heterocycles. The van der Waals surface area contributed by atoms with Crippen molar-refractivity contribution in [2.75, 3.05) is 6.61 Å². The van der Waals surface area contributed by atoms with Crippen molar-refractivity contribution in [1.29, 1.82) is 0 Å². The molecule has 2 saturated carbocycles. The molecule has 3 N–H and O–H groups in total. The van der Waals surface area contributed by atoms with Crippen LogP contribution in [0.3, 0.4) is 0 Å². The minimum Gasteiger partial charge on any atom is -0.455 e. The number of rotatable bonds is 11. The Balaban J connectivity index is 1.79. The van der Waals surface area contributed by atoms with Gasteiger partial charge in [-0.05, 0) is 37.3 Å². The quantitative estimate of drug-likeness (QED) is 0.102. The largest absolute Gasteiger partial charge is 0.455 e. The number of ether oxygens (including phenoxy) is 2. The van der Waals surface area contributed by atoms with Crippen LogP contribution in [-0.2, 0) is 23.9 Å². The molecule has 4 aliphatic rings. The SMILES string of the molecule is CCCCC/C=C\C=C\C(=O)O[C@@H]1[C@H](C)[C@@]2(O)C(C=C(CO)C[C@]3(O)C(=O)C(C)=CC23)C2C(C)(C)[C@@]21OC(=O)C(C)CC. The van der Waals surface area contributed by atoms with Crippen LogP contribution in [0.2, 0.25) is 0 Å². The highest BCUT2D eigenvalue weighted by Gasteiger charge is 2.88. The van der Waals surface area contributed by atoms with Crippen LogP contribution in [0.25, 0.3) is 0 Å². The Bertz CT molecular complexity index is 1240. The molecule has 43 heavy (non-hydrogen) atoms. The van der Waals surface area contributed by atoms with Crippen molar-refractivity contribution in [3.8, 4) is 0 Å². The Kier molecular flexibility index (Phi) is 9.38. The van der Waals surface area contributed by atoms with E-state index in [4.69, 9.17) is 9.47 Å². The molecular weight excluding hydrogens is 548 g/mol. The van der Waals surface area contributed by atoms with Crippen molar-refractivity contribution in [2.24, 2.45) is 35.0 Å². The van der Waals surface area contributed by atoms with E-state index in [1.165, 1.54) is 6.08 Å². The maximum Gasteiger partial charge on any atom is 0.331 e. The van der Waals surface area contributed by atoms with Crippen molar-refractivity contribution >= 4 is 17.7 Å². The lowest BCUT2D eigenvalue weighted by atomic mass is 9.59. The van der Waals surface area contributed by atoms with Gasteiger partial charge in [-0.2, -0.15) is 0 Å². The average molecular weight is 599 g/mol. The fourth-order valence-electron chi connectivity index (χ4n) is 8.24. The molecule has 0 saturated heterocycles. The van der Waals surface area contributed by atoms with E-state index in [1.807, 2.05) is 26.8 Å². The lowest BCUT2D eigenvalue weighted by molar-refractivity contribution is -0.228. The Morgan fingerprint density at radius 2 is 1.84 bits per heavy atom. The smallest absolute Gasteiger partial charge is 0.331 e. The topological polar surface area (TPSA) is 130 Å². The third-order valence-electron chi connectivity index (χ3n) is 10.9. The van der Waals surface area contributed by atoms with E-state index < -0.39 is 82.2 Å². The molecule has 0 amide bonds. The van der Waals surface area contributed by atoms with Crippen LogP contribution in [0.15, 0.2) is 47.6 Å². The third-order valence-corrected chi connectivity index (χ3v) is 10.9. The molecule has 0 aromatic carbocycles. The monoisotopic (exact) mass is 598 g/mol. The molecule has 0 spiro atoms. The Labute approximate surface area is 255 Å². The first kappa shape index (κ1) is 33.3. The van der Waals surface area contributed by atoms with E-state index in [0.29, 0.717) is 17.6 Å². The summed E-state index contributed by atoms with van der Waals surface area (Å²) in [7, 11) is 0. The molecule has 4 rings (SSSR count). The van der Waals surface area contributed by atoms with E-state index in [0.717, 1.165) is 25.7 Å². The highest BCUT2D eigenvalue weighted by Crippen LogP contribution is 2.77. The van der Waals surface area contributed by atoms with Crippen LogP contribution < -0.4 is 0 Å². The van der Waals surface area contributed by atoms with Gasteiger partial charge >= 0.3 is 11.9 Å². The van der Waals surface area contributed by atoms with Gasteiger partial charge in [0.25, 0.3) is 0 Å². The second kappa shape index (κ2) is 12.1. The molecule has 0 aromatic rings. The van der Waals surface area contributed by atoms with Crippen LogP contribution >= 0.6 is 0 Å². The number of hydrogen-bond acceptors (Lipinski definition) is 8. The number of allylic oxidation sites excluding steroid dienone is 3. The predicted molar refractivity (Wildman–Crippen MR) is 162 cm³/mol. The summed E-state index contributed by atoms with van der Waals surface area (Å²) in [6.45, 7) is 12.6. The van der Waals surface area contributed by atoms with Gasteiger partial charge in [-0.1, -0.05) is 84.8 Å². The van der Waals surface area contributed by atoms with Gasteiger partial charge < -0.3 is 24.8 Å². The number of fused-ring (bicyclic) bond motifs is 5. The molecule has 4 unspecified atom stereocenters. The first-order valence-electron chi connectivity index (χ1n) is 15.9. The zero-order valence-corrected chi connectivity index (χ0v) is 26.8. The summed E-state index contributed by atoms with van der Waals surface area (Å²) >= 11 is 0. The Morgan fingerprint density at radius 3 is 2.47 bits per heavy atom. The second-order valence-corrected chi connectivity index (χ2v) is 13.8. The third kappa shape index (κ3) is 5.17. The summed E-state index contributed by atoms with van der Waals surface area (Å²) in [6, 6.07) is 0. The lowest BCUT2D eigenvalue weighted by Crippen LogP contribution is -2.66. The zero-order valence-electron chi connectivity index (χ0n) is 26.8. The first-order valence-corrected chi connectivity index (χ1v) is 15.9. The maximum atomic E-state index is 13.4. The molecule has 238 valence electrons. The molecule has 0 heterocycles. The van der Waals surface area contributed by atoms with Gasteiger partial charge in [0.05, 0.1) is 18.1 Å². The normalized spacial score (nSPS) is 38.5. The molecule has 2 fully saturated rings. The van der Waals surface area contributed by atoms with E-state index in [9.17, 15) is 29.7 Å².